The van der Waals surface area contributed by atoms with Gasteiger partial charge in [-0.15, -0.1) is 0 Å². The number of rotatable bonds is 3. The van der Waals surface area contributed by atoms with Crippen LogP contribution in [-0.2, 0) is 9.63 Å². The quantitative estimate of drug-likeness (QED) is 0.543. The summed E-state index contributed by atoms with van der Waals surface area (Å²) in [5.74, 6) is 5.03. The minimum absolute atomic E-state index is 0.219. The predicted octanol–water partition coefficient (Wildman–Crippen LogP) is -0.501. The lowest BCUT2D eigenvalue weighted by molar-refractivity contribution is -0.128. The van der Waals surface area contributed by atoms with Gasteiger partial charge in [-0.25, -0.2) is 5.90 Å². The maximum absolute atomic E-state index is 10.9. The summed E-state index contributed by atoms with van der Waals surface area (Å²) in [6.45, 7) is 1.93. The van der Waals surface area contributed by atoms with Crippen LogP contribution in [0.15, 0.2) is 0 Å². The molecule has 0 aromatic carbocycles. The minimum Gasteiger partial charge on any atom is -0.340 e. The first-order chi connectivity index (χ1) is 4.84. The molecule has 0 bridgehead atoms. The Bertz CT molecular complexity index is 127. The summed E-state index contributed by atoms with van der Waals surface area (Å²) in [7, 11) is 0. The molecule has 1 saturated heterocycles. The zero-order chi connectivity index (χ0) is 7.40. The van der Waals surface area contributed by atoms with E-state index in [1.165, 1.54) is 0 Å². The van der Waals surface area contributed by atoms with Crippen LogP contribution in [0.2, 0.25) is 0 Å². The SMILES string of the molecule is NOCCN1CCCC1=O. The van der Waals surface area contributed by atoms with Crippen molar-refractivity contribution in [3.63, 3.8) is 0 Å². The molecule has 0 saturated carbocycles. The van der Waals surface area contributed by atoms with E-state index in [4.69, 9.17) is 5.90 Å². The van der Waals surface area contributed by atoms with Crippen molar-refractivity contribution in [3.8, 4) is 0 Å². The van der Waals surface area contributed by atoms with Crippen LogP contribution in [0.25, 0.3) is 0 Å². The Hall–Kier alpha value is -0.610. The van der Waals surface area contributed by atoms with Gasteiger partial charge in [0.2, 0.25) is 5.91 Å². The molecule has 0 aromatic rings. The van der Waals surface area contributed by atoms with E-state index in [0.717, 1.165) is 13.0 Å². The first-order valence-corrected chi connectivity index (χ1v) is 3.44. The lowest BCUT2D eigenvalue weighted by Crippen LogP contribution is -2.29. The number of hydrogen-bond acceptors (Lipinski definition) is 3. The van der Waals surface area contributed by atoms with Gasteiger partial charge in [0.25, 0.3) is 0 Å². The average molecular weight is 144 g/mol. The van der Waals surface area contributed by atoms with Crippen molar-refractivity contribution in [3.05, 3.63) is 0 Å². The summed E-state index contributed by atoms with van der Waals surface area (Å²) in [6, 6.07) is 0. The second-order valence-corrected chi connectivity index (χ2v) is 2.36. The number of nitrogens with zero attached hydrogens (tertiary/aromatic N) is 1. The molecule has 2 N–H and O–H groups in total. The van der Waals surface area contributed by atoms with Crippen LogP contribution in [0, 0.1) is 0 Å². The minimum atomic E-state index is 0.219. The van der Waals surface area contributed by atoms with E-state index in [-0.39, 0.29) is 5.91 Å². The predicted molar refractivity (Wildman–Crippen MR) is 36.0 cm³/mol. The van der Waals surface area contributed by atoms with Gasteiger partial charge in [0, 0.05) is 19.5 Å². The zero-order valence-corrected chi connectivity index (χ0v) is 5.88. The van der Waals surface area contributed by atoms with E-state index in [0.29, 0.717) is 19.6 Å². The Morgan fingerprint density at radius 3 is 3.00 bits per heavy atom. The molecule has 1 aliphatic heterocycles. The van der Waals surface area contributed by atoms with E-state index < -0.39 is 0 Å². The van der Waals surface area contributed by atoms with Crippen molar-refractivity contribution < 1.29 is 9.63 Å². The van der Waals surface area contributed by atoms with Crippen molar-refractivity contribution in [1.82, 2.24) is 4.90 Å². The summed E-state index contributed by atoms with van der Waals surface area (Å²) in [6.07, 6.45) is 1.66. The van der Waals surface area contributed by atoms with E-state index in [1.54, 1.807) is 4.90 Å². The first kappa shape index (κ1) is 7.50. The third-order valence-electron chi connectivity index (χ3n) is 1.65. The summed E-state index contributed by atoms with van der Waals surface area (Å²) >= 11 is 0. The Morgan fingerprint density at radius 1 is 1.70 bits per heavy atom. The monoisotopic (exact) mass is 144 g/mol. The molecule has 0 unspecified atom stereocenters. The van der Waals surface area contributed by atoms with Crippen molar-refractivity contribution in [2.75, 3.05) is 19.7 Å². The molecule has 58 valence electrons. The molecule has 1 rings (SSSR count). The van der Waals surface area contributed by atoms with Gasteiger partial charge < -0.3 is 9.74 Å². The Kier molecular flexibility index (Phi) is 2.65. The highest BCUT2D eigenvalue weighted by atomic mass is 16.6. The summed E-state index contributed by atoms with van der Waals surface area (Å²) in [5, 5.41) is 0. The average Bonchev–Trinajstić information content (AvgIpc) is 2.31. The smallest absolute Gasteiger partial charge is 0.222 e. The number of amides is 1. The molecule has 1 heterocycles. The molecule has 0 aliphatic carbocycles. The molecule has 1 fully saturated rings. The molecule has 4 nitrogen and oxygen atoms in total. The van der Waals surface area contributed by atoms with Crippen LogP contribution in [0.5, 0.6) is 0 Å². The molecule has 4 heteroatoms. The molecule has 0 aromatic heterocycles. The van der Waals surface area contributed by atoms with Crippen LogP contribution in [-0.4, -0.2) is 30.5 Å². The molecule has 0 radical (unpaired) electrons. The number of hydrogen-bond donors (Lipinski definition) is 1. The lowest BCUT2D eigenvalue weighted by Gasteiger charge is -2.13. The first-order valence-electron chi connectivity index (χ1n) is 3.44. The molecule has 1 amide bonds. The fourth-order valence-corrected chi connectivity index (χ4v) is 1.10. The summed E-state index contributed by atoms with van der Waals surface area (Å²) in [5.41, 5.74) is 0. The van der Waals surface area contributed by atoms with Crippen molar-refractivity contribution in [1.29, 1.82) is 0 Å². The van der Waals surface area contributed by atoms with Gasteiger partial charge in [0.15, 0.2) is 0 Å². The van der Waals surface area contributed by atoms with Gasteiger partial charge in [-0.1, -0.05) is 0 Å². The van der Waals surface area contributed by atoms with Crippen LogP contribution < -0.4 is 5.90 Å². The van der Waals surface area contributed by atoms with Crippen molar-refractivity contribution in [2.45, 2.75) is 12.8 Å². The zero-order valence-electron chi connectivity index (χ0n) is 5.88. The molecule has 10 heavy (non-hydrogen) atoms. The van der Waals surface area contributed by atoms with Crippen LogP contribution in [0.1, 0.15) is 12.8 Å². The van der Waals surface area contributed by atoms with E-state index in [9.17, 15) is 4.79 Å². The van der Waals surface area contributed by atoms with Gasteiger partial charge in [0.1, 0.15) is 0 Å². The number of likely N-dealkylation sites (tertiary alicyclic amines) is 1. The topological polar surface area (TPSA) is 55.6 Å². The van der Waals surface area contributed by atoms with E-state index >= 15 is 0 Å². The van der Waals surface area contributed by atoms with Crippen LogP contribution in [0.4, 0.5) is 0 Å². The summed E-state index contributed by atoms with van der Waals surface area (Å²) < 4.78 is 0. The van der Waals surface area contributed by atoms with E-state index in [1.807, 2.05) is 0 Å². The fraction of sp³-hybridized carbons (Fsp3) is 0.833. The third kappa shape index (κ3) is 1.68. The second kappa shape index (κ2) is 3.53. The number of carbonyl (C=O) groups is 1. The Balaban J connectivity index is 2.20. The van der Waals surface area contributed by atoms with Crippen LogP contribution >= 0.6 is 0 Å². The normalized spacial score (nSPS) is 18.5. The highest BCUT2D eigenvalue weighted by Crippen LogP contribution is 2.07. The van der Waals surface area contributed by atoms with Crippen molar-refractivity contribution in [2.24, 2.45) is 5.90 Å². The van der Waals surface area contributed by atoms with Gasteiger partial charge in [0.05, 0.1) is 6.61 Å². The fourth-order valence-electron chi connectivity index (χ4n) is 1.10. The van der Waals surface area contributed by atoms with Gasteiger partial charge in [-0.3, -0.25) is 4.79 Å². The molecular weight excluding hydrogens is 132 g/mol. The lowest BCUT2D eigenvalue weighted by atomic mass is 10.4. The summed E-state index contributed by atoms with van der Waals surface area (Å²) in [4.78, 5) is 17.0. The number of carbonyl (C=O) groups excluding carboxylic acids is 1. The Labute approximate surface area is 59.9 Å². The second-order valence-electron chi connectivity index (χ2n) is 2.36. The third-order valence-corrected chi connectivity index (χ3v) is 1.65. The maximum atomic E-state index is 10.9. The van der Waals surface area contributed by atoms with Gasteiger partial charge >= 0.3 is 0 Å². The van der Waals surface area contributed by atoms with Crippen molar-refractivity contribution >= 4 is 5.91 Å². The molecule has 0 atom stereocenters. The number of nitrogens with two attached hydrogens (primary N) is 1. The molecular formula is C6H12N2O2. The van der Waals surface area contributed by atoms with Crippen LogP contribution in [0.3, 0.4) is 0 Å². The Morgan fingerprint density at radius 2 is 2.50 bits per heavy atom. The van der Waals surface area contributed by atoms with Gasteiger partial charge in [-0.2, -0.15) is 0 Å². The molecule has 1 aliphatic rings. The highest BCUT2D eigenvalue weighted by Gasteiger charge is 2.18. The standard InChI is InChI=1S/C6H12N2O2/c7-10-5-4-8-3-1-2-6(8)9/h1-5,7H2. The largest absolute Gasteiger partial charge is 0.340 e. The highest BCUT2D eigenvalue weighted by molar-refractivity contribution is 5.77. The molecule has 0 spiro atoms. The maximum Gasteiger partial charge on any atom is 0.222 e. The van der Waals surface area contributed by atoms with E-state index in [2.05, 4.69) is 4.84 Å². The van der Waals surface area contributed by atoms with Gasteiger partial charge in [-0.05, 0) is 6.42 Å².